The van der Waals surface area contributed by atoms with Gasteiger partial charge in [-0.25, -0.2) is 0 Å². The minimum absolute atomic E-state index is 0.204. The van der Waals surface area contributed by atoms with Gasteiger partial charge in [0.2, 0.25) is 65.0 Å². The van der Waals surface area contributed by atoms with Crippen LogP contribution in [-0.4, -0.2) is 282 Å². The second-order valence-electron chi connectivity index (χ2n) is 14.4. The number of amides is 11. The van der Waals surface area contributed by atoms with Crippen molar-refractivity contribution in [2.45, 2.75) is 5.25 Å². The predicted molar refractivity (Wildman–Crippen MR) is 215 cm³/mol. The van der Waals surface area contributed by atoms with Gasteiger partial charge in [-0.3, -0.25) is 57.3 Å². The lowest BCUT2D eigenvalue weighted by Gasteiger charge is -2.27. The number of carbonyl (C=O) groups excluding carboxylic acids is 11. The Balaban J connectivity index is 4.96. The summed E-state index contributed by atoms with van der Waals surface area (Å²) in [5, 5.41) is 0.403. The van der Waals surface area contributed by atoms with Gasteiger partial charge in [0, 0.05) is 84.1 Å². The topological polar surface area (TPSA) is 313 Å². The summed E-state index contributed by atoms with van der Waals surface area (Å²) in [6.07, 6.45) is 0. The number of carbonyl (C=O) groups is 11. The van der Waals surface area contributed by atoms with Crippen LogP contribution in [0.3, 0.4) is 0 Å². The van der Waals surface area contributed by atoms with Crippen molar-refractivity contribution in [2.75, 3.05) is 150 Å². The summed E-state index contributed by atoms with van der Waals surface area (Å²) in [5.74, 6) is -7.35. The van der Waals surface area contributed by atoms with Crippen molar-refractivity contribution in [3.63, 3.8) is 0 Å². The van der Waals surface area contributed by atoms with E-state index in [0.717, 1.165) is 56.0 Å². The Morgan fingerprint density at radius 3 is 0.754 bits per heavy atom. The van der Waals surface area contributed by atoms with Crippen LogP contribution in [0.1, 0.15) is 0 Å². The highest BCUT2D eigenvalue weighted by Crippen LogP contribution is 2.04. The maximum Gasteiger partial charge on any atom is 0.278 e. The maximum absolute atomic E-state index is 12.9. The van der Waals surface area contributed by atoms with E-state index in [-0.39, 0.29) is 13.1 Å². The molecule has 0 saturated heterocycles. The molecule has 346 valence electrons. The lowest BCUT2D eigenvalue weighted by atomic mass is 10.3. The zero-order valence-electron chi connectivity index (χ0n) is 36.6. The van der Waals surface area contributed by atoms with Crippen LogP contribution in [0.15, 0.2) is 0 Å². The van der Waals surface area contributed by atoms with Crippen molar-refractivity contribution in [2.24, 2.45) is 5.73 Å². The molecule has 0 radical (unpaired) electrons. The standard InChI is InChI=1S/C34H60N12O14S/c1-36-24(47)13-37(2)25(48)14-38(3)26(49)15-39(4)27(50)16-40(5)28(51)17-41(6)29(52)18-42(7)30(53)19-43(8)31(54)20-44(9)32(55)21-45(10)33(56)22-46(11)34(57)23(12-35)61(58,59)60/h23H,12-22,35H2,1-11H3,(H,36,47)(H,58,59,60). The van der Waals surface area contributed by atoms with Crippen molar-refractivity contribution in [3.8, 4) is 0 Å². The highest BCUT2D eigenvalue weighted by molar-refractivity contribution is 7.87. The van der Waals surface area contributed by atoms with Gasteiger partial charge in [0.25, 0.3) is 10.1 Å². The largest absolute Gasteiger partial charge is 0.358 e. The van der Waals surface area contributed by atoms with Crippen LogP contribution >= 0.6 is 0 Å². The van der Waals surface area contributed by atoms with Crippen molar-refractivity contribution in [3.05, 3.63) is 0 Å². The van der Waals surface area contributed by atoms with Crippen molar-refractivity contribution in [1.82, 2.24) is 54.3 Å². The van der Waals surface area contributed by atoms with Gasteiger partial charge in [0.1, 0.15) is 0 Å². The van der Waals surface area contributed by atoms with E-state index in [9.17, 15) is 65.7 Å². The number of rotatable bonds is 23. The first-order chi connectivity index (χ1) is 28.0. The average molecular weight is 893 g/mol. The molecule has 4 N–H and O–H groups in total. The molecule has 0 rings (SSSR count). The summed E-state index contributed by atoms with van der Waals surface area (Å²) in [5.41, 5.74) is 5.25. The number of hydrogen-bond acceptors (Lipinski definition) is 14. The van der Waals surface area contributed by atoms with Crippen molar-refractivity contribution >= 4 is 75.1 Å². The van der Waals surface area contributed by atoms with Gasteiger partial charge >= 0.3 is 0 Å². The molecule has 0 spiro atoms. The maximum atomic E-state index is 12.9. The fourth-order valence-corrected chi connectivity index (χ4v) is 5.35. The number of nitrogens with two attached hydrogens (primary N) is 1. The van der Waals surface area contributed by atoms with Crippen LogP contribution < -0.4 is 11.1 Å². The molecular weight excluding hydrogens is 833 g/mol. The van der Waals surface area contributed by atoms with Gasteiger partial charge in [-0.15, -0.1) is 0 Å². The minimum atomic E-state index is -4.83. The van der Waals surface area contributed by atoms with Gasteiger partial charge < -0.3 is 60.0 Å². The van der Waals surface area contributed by atoms with E-state index in [1.807, 2.05) is 0 Å². The fourth-order valence-electron chi connectivity index (χ4n) is 4.67. The smallest absolute Gasteiger partial charge is 0.278 e. The first-order valence-corrected chi connectivity index (χ1v) is 19.8. The van der Waals surface area contributed by atoms with Gasteiger partial charge in [-0.05, 0) is 0 Å². The Hall–Kier alpha value is -5.96. The second kappa shape index (κ2) is 25.0. The summed E-state index contributed by atoms with van der Waals surface area (Å²) in [6.45, 7) is -5.30. The summed E-state index contributed by atoms with van der Waals surface area (Å²) in [4.78, 5) is 148. The van der Waals surface area contributed by atoms with Gasteiger partial charge in [-0.1, -0.05) is 0 Å². The third-order valence-corrected chi connectivity index (χ3v) is 10.2. The Labute approximate surface area is 355 Å². The summed E-state index contributed by atoms with van der Waals surface area (Å²) in [6, 6.07) is 0. The molecule has 0 aromatic rings. The first kappa shape index (κ1) is 55.0. The van der Waals surface area contributed by atoms with Crippen molar-refractivity contribution in [1.29, 1.82) is 0 Å². The zero-order chi connectivity index (χ0) is 47.7. The Bertz CT molecular complexity index is 1780. The Morgan fingerprint density at radius 2 is 0.590 bits per heavy atom. The quantitative estimate of drug-likeness (QED) is 0.0803. The molecular formula is C34H60N12O14S. The van der Waals surface area contributed by atoms with Crippen LogP contribution in [-0.2, 0) is 62.9 Å². The van der Waals surface area contributed by atoms with E-state index in [0.29, 0.717) is 0 Å². The molecule has 0 aliphatic heterocycles. The van der Waals surface area contributed by atoms with E-state index in [4.69, 9.17) is 5.73 Å². The van der Waals surface area contributed by atoms with Crippen LogP contribution in [0, 0.1) is 0 Å². The highest BCUT2D eigenvalue weighted by Gasteiger charge is 2.33. The van der Waals surface area contributed by atoms with E-state index >= 15 is 0 Å². The second-order valence-corrected chi connectivity index (χ2v) is 16.0. The zero-order valence-corrected chi connectivity index (χ0v) is 37.4. The van der Waals surface area contributed by atoms with E-state index in [1.165, 1.54) is 70.5 Å². The Kier molecular flexibility index (Phi) is 22.5. The molecule has 0 aliphatic carbocycles. The van der Waals surface area contributed by atoms with Gasteiger partial charge in [0.15, 0.2) is 5.25 Å². The molecule has 1 unspecified atom stereocenters. The van der Waals surface area contributed by atoms with Crippen LogP contribution in [0.4, 0.5) is 0 Å². The third-order valence-electron chi connectivity index (χ3n) is 9.07. The highest BCUT2D eigenvalue weighted by atomic mass is 32.2. The first-order valence-electron chi connectivity index (χ1n) is 18.3. The van der Waals surface area contributed by atoms with E-state index < -0.39 is 139 Å². The molecule has 27 heteroatoms. The van der Waals surface area contributed by atoms with Gasteiger partial charge in [-0.2, -0.15) is 8.42 Å². The number of hydrogen-bond donors (Lipinski definition) is 3. The normalized spacial score (nSPS) is 11.2. The summed E-state index contributed by atoms with van der Waals surface area (Å²) in [7, 11) is 9.45. The van der Waals surface area contributed by atoms with Crippen LogP contribution in [0.25, 0.3) is 0 Å². The predicted octanol–water partition coefficient (Wildman–Crippen LogP) is -7.47. The number of nitrogens with zero attached hydrogens (tertiary/aromatic N) is 10. The molecule has 1 atom stereocenters. The molecule has 0 aromatic heterocycles. The fraction of sp³-hybridized carbons (Fsp3) is 0.676. The van der Waals surface area contributed by atoms with E-state index in [1.54, 1.807) is 0 Å². The molecule has 0 aliphatic rings. The molecule has 61 heavy (non-hydrogen) atoms. The van der Waals surface area contributed by atoms with E-state index in [2.05, 4.69) is 5.32 Å². The number of likely N-dealkylation sites (N-methyl/N-ethyl adjacent to an activating group) is 11. The SMILES string of the molecule is CNC(=O)CN(C)C(=O)CN(C)C(=O)CN(C)C(=O)CN(C)C(=O)CN(C)C(=O)CN(C)C(=O)CN(C)C(=O)CN(C)C(=O)CN(C)C(=O)CN(C)C(=O)C(CN)S(=O)(=O)O. The molecule has 26 nitrogen and oxygen atoms in total. The monoisotopic (exact) mass is 892 g/mol. The number of nitrogens with one attached hydrogen (secondary N) is 1. The lowest BCUT2D eigenvalue weighted by molar-refractivity contribution is -0.146. The molecule has 0 fully saturated rings. The van der Waals surface area contributed by atoms with Crippen LogP contribution in [0.2, 0.25) is 0 Å². The van der Waals surface area contributed by atoms with Gasteiger partial charge in [0.05, 0.1) is 65.4 Å². The summed E-state index contributed by atoms with van der Waals surface area (Å²) < 4.78 is 32.0. The molecule has 11 amide bonds. The average Bonchev–Trinajstić information content (AvgIpc) is 3.16. The molecule has 0 bridgehead atoms. The van der Waals surface area contributed by atoms with Crippen molar-refractivity contribution < 1.29 is 65.7 Å². The molecule has 0 aromatic carbocycles. The molecule has 0 heterocycles. The third kappa shape index (κ3) is 18.9. The Morgan fingerprint density at radius 1 is 0.410 bits per heavy atom. The lowest BCUT2D eigenvalue weighted by Crippen LogP contribution is -2.50. The summed E-state index contributed by atoms with van der Waals surface area (Å²) >= 11 is 0. The molecule has 0 saturated carbocycles. The van der Waals surface area contributed by atoms with Crippen LogP contribution in [0.5, 0.6) is 0 Å². The minimum Gasteiger partial charge on any atom is -0.358 e.